The van der Waals surface area contributed by atoms with E-state index >= 15 is 0 Å². The molecule has 4 heteroatoms. The van der Waals surface area contributed by atoms with Crippen LogP contribution < -0.4 is 0 Å². The maximum Gasteiger partial charge on any atom is 0.416 e. The van der Waals surface area contributed by atoms with Gasteiger partial charge in [-0.25, -0.2) is 0 Å². The molecule has 21 heavy (non-hydrogen) atoms. The third-order valence-corrected chi connectivity index (χ3v) is 4.43. The Morgan fingerprint density at radius 3 is 2.38 bits per heavy atom. The van der Waals surface area contributed by atoms with E-state index in [1.54, 1.807) is 6.07 Å². The first-order chi connectivity index (χ1) is 9.95. The van der Waals surface area contributed by atoms with Crippen molar-refractivity contribution in [2.24, 2.45) is 0 Å². The smallest absolute Gasteiger partial charge is 0.166 e. The Hall–Kier alpha value is -1.48. The number of alkyl halides is 4. The molecule has 0 aliphatic heterocycles. The van der Waals surface area contributed by atoms with Crippen LogP contribution in [0.15, 0.2) is 42.5 Å². The van der Waals surface area contributed by atoms with Gasteiger partial charge in [0.05, 0.1) is 10.9 Å². The van der Waals surface area contributed by atoms with Crippen LogP contribution in [0.5, 0.6) is 0 Å². The molecule has 0 radical (unpaired) electrons. The van der Waals surface area contributed by atoms with Gasteiger partial charge in [0.25, 0.3) is 0 Å². The first kappa shape index (κ1) is 14.5. The van der Waals surface area contributed by atoms with E-state index in [0.717, 1.165) is 37.0 Å². The Morgan fingerprint density at radius 2 is 1.62 bits per heavy atom. The van der Waals surface area contributed by atoms with Crippen molar-refractivity contribution in [3.05, 3.63) is 70.3 Å². The summed E-state index contributed by atoms with van der Waals surface area (Å²) in [7, 11) is 0. The summed E-state index contributed by atoms with van der Waals surface area (Å²) in [4.78, 5) is 0. The Balaban J connectivity index is 1.93. The highest BCUT2D eigenvalue weighted by molar-refractivity contribution is 6.22. The van der Waals surface area contributed by atoms with E-state index in [4.69, 9.17) is 11.6 Å². The zero-order chi connectivity index (χ0) is 15.0. The topological polar surface area (TPSA) is 0 Å². The standard InChI is InChI=1S/C17H14ClF3/c18-16(13-5-2-6-15(10-13)17(19,20)21)14-8-7-11-3-1-4-12(11)9-14/h2,5-10,16H,1,3-4H2. The lowest BCUT2D eigenvalue weighted by Crippen LogP contribution is -2.06. The van der Waals surface area contributed by atoms with Crippen LogP contribution in [0.4, 0.5) is 13.2 Å². The zero-order valence-corrected chi connectivity index (χ0v) is 12.0. The molecule has 0 heterocycles. The zero-order valence-electron chi connectivity index (χ0n) is 11.3. The molecule has 2 aromatic rings. The highest BCUT2D eigenvalue weighted by Crippen LogP contribution is 2.36. The van der Waals surface area contributed by atoms with Gasteiger partial charge in [0.15, 0.2) is 0 Å². The molecule has 1 unspecified atom stereocenters. The molecule has 1 aliphatic rings. The van der Waals surface area contributed by atoms with Crippen LogP contribution in [0.1, 0.15) is 39.6 Å². The molecule has 0 bridgehead atoms. The molecule has 110 valence electrons. The predicted molar refractivity (Wildman–Crippen MR) is 77.6 cm³/mol. The molecule has 0 aromatic heterocycles. The maximum atomic E-state index is 12.8. The first-order valence-corrected chi connectivity index (χ1v) is 7.32. The Kier molecular flexibility index (Phi) is 3.70. The normalized spacial score (nSPS) is 15.8. The fourth-order valence-corrected chi connectivity index (χ4v) is 3.09. The fraction of sp³-hybridized carbons (Fsp3) is 0.294. The minimum Gasteiger partial charge on any atom is -0.166 e. The van der Waals surface area contributed by atoms with Crippen molar-refractivity contribution in [1.29, 1.82) is 0 Å². The van der Waals surface area contributed by atoms with Crippen LogP contribution in [0.25, 0.3) is 0 Å². The highest BCUT2D eigenvalue weighted by Gasteiger charge is 2.31. The number of rotatable bonds is 2. The summed E-state index contributed by atoms with van der Waals surface area (Å²) < 4.78 is 38.3. The average molecular weight is 311 g/mol. The molecule has 0 N–H and O–H groups in total. The van der Waals surface area contributed by atoms with Crippen LogP contribution in [-0.2, 0) is 19.0 Å². The van der Waals surface area contributed by atoms with Gasteiger partial charge in [-0.1, -0.05) is 30.3 Å². The molecule has 1 atom stereocenters. The van der Waals surface area contributed by atoms with Crippen molar-refractivity contribution in [3.63, 3.8) is 0 Å². The third kappa shape index (κ3) is 2.93. The minimum absolute atomic E-state index is 0.476. The lowest BCUT2D eigenvalue weighted by molar-refractivity contribution is -0.137. The van der Waals surface area contributed by atoms with E-state index in [1.807, 2.05) is 18.2 Å². The van der Waals surface area contributed by atoms with E-state index in [2.05, 4.69) is 0 Å². The van der Waals surface area contributed by atoms with Crippen LogP contribution in [0.2, 0.25) is 0 Å². The molecular formula is C17H14ClF3. The number of halogens is 4. The number of benzene rings is 2. The summed E-state index contributed by atoms with van der Waals surface area (Å²) in [5.41, 5.74) is 3.27. The van der Waals surface area contributed by atoms with Gasteiger partial charge >= 0.3 is 6.18 Å². The van der Waals surface area contributed by atoms with Gasteiger partial charge in [-0.3, -0.25) is 0 Å². The predicted octanol–water partition coefficient (Wildman–Crippen LogP) is 5.52. The fourth-order valence-electron chi connectivity index (χ4n) is 2.81. The van der Waals surface area contributed by atoms with Crippen molar-refractivity contribution in [3.8, 4) is 0 Å². The van der Waals surface area contributed by atoms with Crippen LogP contribution in [0, 0.1) is 0 Å². The maximum absolute atomic E-state index is 12.8. The lowest BCUT2D eigenvalue weighted by atomic mass is 9.99. The van der Waals surface area contributed by atoms with Gasteiger partial charge in [0.2, 0.25) is 0 Å². The van der Waals surface area contributed by atoms with Gasteiger partial charge in [-0.2, -0.15) is 13.2 Å². The van der Waals surface area contributed by atoms with Crippen molar-refractivity contribution in [2.45, 2.75) is 30.8 Å². The Bertz CT molecular complexity index is 661. The van der Waals surface area contributed by atoms with Gasteiger partial charge < -0.3 is 0 Å². The van der Waals surface area contributed by atoms with Crippen LogP contribution >= 0.6 is 11.6 Å². The molecule has 0 nitrogen and oxygen atoms in total. The molecule has 1 aliphatic carbocycles. The number of fused-ring (bicyclic) bond motifs is 1. The molecular weight excluding hydrogens is 297 g/mol. The molecule has 0 saturated carbocycles. The molecule has 0 saturated heterocycles. The van der Waals surface area contributed by atoms with Gasteiger partial charge in [-0.05, 0) is 53.6 Å². The van der Waals surface area contributed by atoms with E-state index in [0.29, 0.717) is 5.56 Å². The highest BCUT2D eigenvalue weighted by atomic mass is 35.5. The summed E-state index contributed by atoms with van der Waals surface area (Å²) in [6.45, 7) is 0. The summed E-state index contributed by atoms with van der Waals surface area (Å²) in [6, 6.07) is 11.2. The van der Waals surface area contributed by atoms with Crippen LogP contribution in [0.3, 0.4) is 0 Å². The van der Waals surface area contributed by atoms with Crippen molar-refractivity contribution in [2.75, 3.05) is 0 Å². The molecule has 3 rings (SSSR count). The Labute approximate surface area is 126 Å². The molecule has 0 amide bonds. The van der Waals surface area contributed by atoms with Crippen LogP contribution in [-0.4, -0.2) is 0 Å². The first-order valence-electron chi connectivity index (χ1n) is 6.88. The minimum atomic E-state index is -4.34. The van der Waals surface area contributed by atoms with Crippen molar-refractivity contribution >= 4 is 11.6 Å². The second-order valence-electron chi connectivity index (χ2n) is 5.37. The third-order valence-electron chi connectivity index (χ3n) is 3.92. The number of hydrogen-bond acceptors (Lipinski definition) is 0. The monoisotopic (exact) mass is 310 g/mol. The van der Waals surface area contributed by atoms with Crippen molar-refractivity contribution in [1.82, 2.24) is 0 Å². The summed E-state index contributed by atoms with van der Waals surface area (Å²) in [6.07, 6.45) is -1.11. The summed E-state index contributed by atoms with van der Waals surface area (Å²) >= 11 is 6.39. The van der Waals surface area contributed by atoms with E-state index < -0.39 is 17.1 Å². The summed E-state index contributed by atoms with van der Waals surface area (Å²) in [5.74, 6) is 0. The molecule has 0 spiro atoms. The van der Waals surface area contributed by atoms with E-state index in [-0.39, 0.29) is 0 Å². The lowest BCUT2D eigenvalue weighted by Gasteiger charge is -2.14. The SMILES string of the molecule is FC(F)(F)c1cccc(C(Cl)c2ccc3c(c2)CCC3)c1. The summed E-state index contributed by atoms with van der Waals surface area (Å²) in [5, 5.41) is -0.557. The van der Waals surface area contributed by atoms with Gasteiger partial charge in [0.1, 0.15) is 0 Å². The largest absolute Gasteiger partial charge is 0.416 e. The number of aryl methyl sites for hydroxylation is 2. The van der Waals surface area contributed by atoms with E-state index in [1.165, 1.54) is 17.2 Å². The quantitative estimate of drug-likeness (QED) is 0.640. The second-order valence-corrected chi connectivity index (χ2v) is 5.80. The number of hydrogen-bond donors (Lipinski definition) is 0. The molecule has 2 aromatic carbocycles. The van der Waals surface area contributed by atoms with Gasteiger partial charge in [0, 0.05) is 0 Å². The van der Waals surface area contributed by atoms with E-state index in [9.17, 15) is 13.2 Å². The second kappa shape index (κ2) is 5.38. The van der Waals surface area contributed by atoms with Crippen molar-refractivity contribution < 1.29 is 13.2 Å². The average Bonchev–Trinajstić information content (AvgIpc) is 2.93. The van der Waals surface area contributed by atoms with Gasteiger partial charge in [-0.15, -0.1) is 11.6 Å². The molecule has 0 fully saturated rings. The Morgan fingerprint density at radius 1 is 0.905 bits per heavy atom.